The summed E-state index contributed by atoms with van der Waals surface area (Å²) >= 11 is 0. The van der Waals surface area contributed by atoms with E-state index in [1.807, 2.05) is 0 Å². The molecule has 5 heteroatoms. The number of hydrogen-bond acceptors (Lipinski definition) is 3. The number of aryl methyl sites for hydroxylation is 2. The number of pyridine rings is 1. The molecule has 1 aliphatic heterocycles. The van der Waals surface area contributed by atoms with Crippen LogP contribution in [0, 0.1) is 13.8 Å². The predicted molar refractivity (Wildman–Crippen MR) is 72.3 cm³/mol. The van der Waals surface area contributed by atoms with Crippen molar-refractivity contribution in [2.75, 3.05) is 13.1 Å². The third kappa shape index (κ3) is 2.87. The van der Waals surface area contributed by atoms with Gasteiger partial charge in [-0.3, -0.25) is 9.59 Å². The summed E-state index contributed by atoms with van der Waals surface area (Å²) < 4.78 is 0. The summed E-state index contributed by atoms with van der Waals surface area (Å²) in [4.78, 5) is 28.6. The SMILES string of the molecule is Cc1cc(C)c(C(=O)N2CCCC(C)(O)C2)c(=O)[nH]1. The molecule has 0 saturated carbocycles. The Hall–Kier alpha value is -1.62. The molecule has 1 unspecified atom stereocenters. The van der Waals surface area contributed by atoms with Crippen LogP contribution in [0.1, 0.15) is 41.4 Å². The maximum Gasteiger partial charge on any atom is 0.261 e. The highest BCUT2D eigenvalue weighted by Gasteiger charge is 2.32. The quantitative estimate of drug-likeness (QED) is 0.794. The van der Waals surface area contributed by atoms with Crippen LogP contribution < -0.4 is 5.56 Å². The highest BCUT2D eigenvalue weighted by atomic mass is 16.3. The Morgan fingerprint density at radius 2 is 2.16 bits per heavy atom. The lowest BCUT2D eigenvalue weighted by atomic mass is 9.94. The van der Waals surface area contributed by atoms with Gasteiger partial charge in [-0.1, -0.05) is 0 Å². The van der Waals surface area contributed by atoms with E-state index in [1.165, 1.54) is 0 Å². The number of aliphatic hydroxyl groups is 1. The van der Waals surface area contributed by atoms with Crippen molar-refractivity contribution in [1.82, 2.24) is 9.88 Å². The van der Waals surface area contributed by atoms with Crippen molar-refractivity contribution in [3.63, 3.8) is 0 Å². The second-order valence-corrected chi connectivity index (χ2v) is 5.67. The molecule has 1 amide bonds. The molecule has 1 saturated heterocycles. The fourth-order valence-corrected chi connectivity index (χ4v) is 2.67. The van der Waals surface area contributed by atoms with Crippen LogP contribution in [0.3, 0.4) is 0 Å². The van der Waals surface area contributed by atoms with Crippen LogP contribution in [-0.4, -0.2) is 39.6 Å². The normalized spacial score (nSPS) is 23.5. The number of likely N-dealkylation sites (tertiary alicyclic amines) is 1. The van der Waals surface area contributed by atoms with Crippen molar-refractivity contribution in [2.24, 2.45) is 0 Å². The highest BCUT2D eigenvalue weighted by molar-refractivity contribution is 5.95. The van der Waals surface area contributed by atoms with E-state index in [0.29, 0.717) is 18.5 Å². The van der Waals surface area contributed by atoms with Crippen LogP contribution in [0.15, 0.2) is 10.9 Å². The summed E-state index contributed by atoms with van der Waals surface area (Å²) in [5.41, 5.74) is 0.386. The second-order valence-electron chi connectivity index (χ2n) is 5.67. The standard InChI is InChI=1S/C14H20N2O3/c1-9-7-10(2)15-12(17)11(9)13(18)16-6-4-5-14(3,19)8-16/h7,19H,4-6,8H2,1-3H3,(H,15,17). The Bertz CT molecular complexity index is 560. The smallest absolute Gasteiger partial charge is 0.261 e. The molecule has 0 bridgehead atoms. The number of nitrogens with zero attached hydrogens (tertiary/aromatic N) is 1. The summed E-state index contributed by atoms with van der Waals surface area (Å²) in [6, 6.07) is 1.79. The maximum atomic E-state index is 12.4. The fourth-order valence-electron chi connectivity index (χ4n) is 2.67. The molecule has 5 nitrogen and oxygen atoms in total. The monoisotopic (exact) mass is 264 g/mol. The average molecular weight is 264 g/mol. The topological polar surface area (TPSA) is 73.4 Å². The average Bonchev–Trinajstić information content (AvgIpc) is 2.25. The summed E-state index contributed by atoms with van der Waals surface area (Å²) in [6.45, 7) is 6.13. The molecule has 0 aliphatic carbocycles. The molecular formula is C14H20N2O3. The molecule has 1 fully saturated rings. The zero-order valence-corrected chi connectivity index (χ0v) is 11.6. The van der Waals surface area contributed by atoms with E-state index < -0.39 is 5.60 Å². The fraction of sp³-hybridized carbons (Fsp3) is 0.571. The number of aromatic nitrogens is 1. The van der Waals surface area contributed by atoms with E-state index in [9.17, 15) is 14.7 Å². The summed E-state index contributed by atoms with van der Waals surface area (Å²) in [6.07, 6.45) is 1.43. The molecule has 2 heterocycles. The summed E-state index contributed by atoms with van der Waals surface area (Å²) in [7, 11) is 0. The number of carbonyl (C=O) groups is 1. The molecule has 1 aromatic heterocycles. The molecule has 1 atom stereocenters. The minimum absolute atomic E-state index is 0.184. The van der Waals surface area contributed by atoms with Crippen LogP contribution in [0.25, 0.3) is 0 Å². The minimum atomic E-state index is -0.862. The Kier molecular flexibility index (Phi) is 3.49. The van der Waals surface area contributed by atoms with Gasteiger partial charge in [-0.2, -0.15) is 0 Å². The number of β-amino-alcohol motifs (C(OH)–C–C–N with tert-alkyl or cyclic N) is 1. The molecule has 0 aromatic carbocycles. The first-order valence-corrected chi connectivity index (χ1v) is 6.52. The highest BCUT2D eigenvalue weighted by Crippen LogP contribution is 2.21. The first kappa shape index (κ1) is 13.8. The molecule has 1 aromatic rings. The van der Waals surface area contributed by atoms with Gasteiger partial charge < -0.3 is 15.0 Å². The van der Waals surface area contributed by atoms with E-state index in [-0.39, 0.29) is 23.6 Å². The van der Waals surface area contributed by atoms with E-state index in [2.05, 4.69) is 4.98 Å². The Morgan fingerprint density at radius 1 is 1.47 bits per heavy atom. The number of piperidine rings is 1. The third-order valence-electron chi connectivity index (χ3n) is 3.54. The number of H-pyrrole nitrogens is 1. The van der Waals surface area contributed by atoms with Gasteiger partial charge in [0.1, 0.15) is 5.56 Å². The van der Waals surface area contributed by atoms with Crippen LogP contribution >= 0.6 is 0 Å². The van der Waals surface area contributed by atoms with Crippen molar-refractivity contribution < 1.29 is 9.90 Å². The molecule has 2 N–H and O–H groups in total. The van der Waals surface area contributed by atoms with Crippen LogP contribution in [0.2, 0.25) is 0 Å². The van der Waals surface area contributed by atoms with E-state index in [0.717, 1.165) is 12.1 Å². The van der Waals surface area contributed by atoms with Gasteiger partial charge in [-0.25, -0.2) is 0 Å². The third-order valence-corrected chi connectivity index (χ3v) is 3.54. The van der Waals surface area contributed by atoms with E-state index in [1.54, 1.807) is 31.7 Å². The number of carbonyl (C=O) groups excluding carboxylic acids is 1. The molecule has 2 rings (SSSR count). The van der Waals surface area contributed by atoms with Crippen molar-refractivity contribution in [3.8, 4) is 0 Å². The molecule has 19 heavy (non-hydrogen) atoms. The van der Waals surface area contributed by atoms with Crippen molar-refractivity contribution in [3.05, 3.63) is 33.2 Å². The lowest BCUT2D eigenvalue weighted by Crippen LogP contribution is -2.49. The first-order valence-electron chi connectivity index (χ1n) is 6.52. The molecular weight excluding hydrogens is 244 g/mol. The first-order chi connectivity index (χ1) is 8.80. The molecule has 1 aliphatic rings. The zero-order chi connectivity index (χ0) is 14.2. The largest absolute Gasteiger partial charge is 0.388 e. The summed E-state index contributed by atoms with van der Waals surface area (Å²) in [5.74, 6) is -0.293. The molecule has 0 spiro atoms. The second kappa shape index (κ2) is 4.81. The summed E-state index contributed by atoms with van der Waals surface area (Å²) in [5, 5.41) is 10.0. The van der Waals surface area contributed by atoms with E-state index in [4.69, 9.17) is 0 Å². The van der Waals surface area contributed by atoms with Crippen molar-refractivity contribution in [2.45, 2.75) is 39.2 Å². The van der Waals surface area contributed by atoms with Crippen molar-refractivity contribution in [1.29, 1.82) is 0 Å². The Balaban J connectivity index is 2.32. The lowest BCUT2D eigenvalue weighted by Gasteiger charge is -2.36. The van der Waals surface area contributed by atoms with Crippen LogP contribution in [0.5, 0.6) is 0 Å². The number of nitrogens with one attached hydrogen (secondary N) is 1. The molecule has 104 valence electrons. The maximum absolute atomic E-state index is 12.4. The van der Waals surface area contributed by atoms with Crippen LogP contribution in [0.4, 0.5) is 0 Å². The van der Waals surface area contributed by atoms with Gasteiger partial charge in [0.25, 0.3) is 11.5 Å². The van der Waals surface area contributed by atoms with Gasteiger partial charge in [-0.15, -0.1) is 0 Å². The minimum Gasteiger partial charge on any atom is -0.388 e. The van der Waals surface area contributed by atoms with Gasteiger partial charge in [0, 0.05) is 18.8 Å². The predicted octanol–water partition coefficient (Wildman–Crippen LogP) is 0.979. The zero-order valence-electron chi connectivity index (χ0n) is 11.6. The lowest BCUT2D eigenvalue weighted by molar-refractivity contribution is -0.0108. The Morgan fingerprint density at radius 3 is 2.74 bits per heavy atom. The number of hydrogen-bond donors (Lipinski definition) is 2. The number of aromatic amines is 1. The number of amides is 1. The van der Waals surface area contributed by atoms with Crippen molar-refractivity contribution >= 4 is 5.91 Å². The van der Waals surface area contributed by atoms with Gasteiger partial charge in [-0.05, 0) is 45.2 Å². The Labute approximate surface area is 112 Å². The van der Waals surface area contributed by atoms with Gasteiger partial charge >= 0.3 is 0 Å². The van der Waals surface area contributed by atoms with Crippen LogP contribution in [-0.2, 0) is 0 Å². The van der Waals surface area contributed by atoms with E-state index >= 15 is 0 Å². The molecule has 0 radical (unpaired) electrons. The van der Waals surface area contributed by atoms with Gasteiger partial charge in [0.2, 0.25) is 0 Å². The van der Waals surface area contributed by atoms with Gasteiger partial charge in [0.05, 0.1) is 5.60 Å². The van der Waals surface area contributed by atoms with Gasteiger partial charge in [0.15, 0.2) is 0 Å². The number of rotatable bonds is 1.